The second-order valence-corrected chi connectivity index (χ2v) is 10.6. The van der Waals surface area contributed by atoms with E-state index in [2.05, 4.69) is 51.7 Å². The van der Waals surface area contributed by atoms with Gasteiger partial charge in [-0.05, 0) is 53.8 Å². The molecule has 0 fully saturated rings. The first kappa shape index (κ1) is 25.4. The number of benzene rings is 2. The van der Waals surface area contributed by atoms with Crippen molar-refractivity contribution in [1.29, 1.82) is 0 Å². The van der Waals surface area contributed by atoms with E-state index >= 15 is 0 Å². The first-order valence-corrected chi connectivity index (χ1v) is 14.6. The summed E-state index contributed by atoms with van der Waals surface area (Å²) in [6.45, 7) is 1.98. The van der Waals surface area contributed by atoms with Crippen molar-refractivity contribution in [3.8, 4) is 11.1 Å². The highest BCUT2D eigenvalue weighted by molar-refractivity contribution is 8.00. The number of aryl methyl sites for hydroxylation is 1. The van der Waals surface area contributed by atoms with Gasteiger partial charge in [0.25, 0.3) is 0 Å². The van der Waals surface area contributed by atoms with Crippen LogP contribution < -0.4 is 5.32 Å². The molecule has 4 aromatic rings. The van der Waals surface area contributed by atoms with Crippen LogP contribution in [0, 0.1) is 6.92 Å². The summed E-state index contributed by atoms with van der Waals surface area (Å²) in [5, 5.41) is 3.66. The Morgan fingerprint density at radius 1 is 0.943 bits per heavy atom. The van der Waals surface area contributed by atoms with E-state index in [-0.39, 0.29) is 11.2 Å². The van der Waals surface area contributed by atoms with E-state index in [9.17, 15) is 4.79 Å². The molecule has 1 atom stereocenters. The molecule has 2 aromatic carbocycles. The summed E-state index contributed by atoms with van der Waals surface area (Å²) >= 11 is 4.76. The number of amides is 1. The van der Waals surface area contributed by atoms with Crippen LogP contribution in [-0.2, 0) is 10.5 Å². The van der Waals surface area contributed by atoms with Crippen molar-refractivity contribution < 1.29 is 4.79 Å². The molecule has 0 bridgehead atoms. The van der Waals surface area contributed by atoms with Crippen molar-refractivity contribution in [3.63, 3.8) is 0 Å². The number of nitrogens with zero attached hydrogens (tertiary/aromatic N) is 2. The number of hydrogen-bond donors (Lipinski definition) is 1. The highest BCUT2D eigenvalue weighted by Crippen LogP contribution is 2.38. The largest absolute Gasteiger partial charge is 0.322 e. The van der Waals surface area contributed by atoms with Gasteiger partial charge in [-0.3, -0.25) is 9.78 Å². The van der Waals surface area contributed by atoms with Crippen LogP contribution in [0.15, 0.2) is 95.1 Å². The van der Waals surface area contributed by atoms with Gasteiger partial charge in [0.15, 0.2) is 0 Å². The summed E-state index contributed by atoms with van der Waals surface area (Å²) in [6, 6.07) is 24.5. The lowest BCUT2D eigenvalue weighted by Gasteiger charge is -2.20. The monoisotopic (exact) mass is 517 g/mol. The van der Waals surface area contributed by atoms with Crippen LogP contribution in [0.25, 0.3) is 11.1 Å². The van der Waals surface area contributed by atoms with Gasteiger partial charge in [-0.2, -0.15) is 0 Å². The number of pyridine rings is 2. The Labute approximate surface area is 219 Å². The van der Waals surface area contributed by atoms with E-state index in [4.69, 9.17) is 0 Å². The van der Waals surface area contributed by atoms with Gasteiger partial charge in [0, 0.05) is 28.7 Å². The SMILES string of the molecule is CSc1cc(C)nc(SC)c1NC(=O)C(SCc1cccnc1)c1ccc(-c2ccccc2)cc1. The summed E-state index contributed by atoms with van der Waals surface area (Å²) in [5.74, 6) is 0.631. The molecule has 0 aliphatic carbocycles. The molecule has 1 N–H and O–H groups in total. The number of hydrogen-bond acceptors (Lipinski definition) is 6. The first-order chi connectivity index (χ1) is 17.1. The highest BCUT2D eigenvalue weighted by Gasteiger charge is 2.24. The minimum atomic E-state index is -0.384. The van der Waals surface area contributed by atoms with Gasteiger partial charge in [-0.25, -0.2) is 4.98 Å². The van der Waals surface area contributed by atoms with Gasteiger partial charge < -0.3 is 5.32 Å². The number of nitrogens with one attached hydrogen (secondary N) is 1. The molecule has 178 valence electrons. The maximum absolute atomic E-state index is 13.7. The number of anilines is 1. The minimum absolute atomic E-state index is 0.0531. The summed E-state index contributed by atoms with van der Waals surface area (Å²) in [7, 11) is 0. The Hall–Kier alpha value is -2.74. The lowest BCUT2D eigenvalue weighted by Crippen LogP contribution is -2.20. The lowest BCUT2D eigenvalue weighted by molar-refractivity contribution is -0.115. The standard InChI is InChI=1S/C28H27N3OS3/c1-19-16-24(33-2)25(28(30-19)34-3)31-27(32)26(35-18-20-8-7-15-29-17-20)23-13-11-22(12-14-23)21-9-5-4-6-10-21/h4-17,26H,18H2,1-3H3,(H,31,32). The van der Waals surface area contributed by atoms with Gasteiger partial charge in [-0.15, -0.1) is 35.3 Å². The first-order valence-electron chi connectivity index (χ1n) is 11.2. The molecule has 0 radical (unpaired) electrons. The van der Waals surface area contributed by atoms with E-state index in [1.807, 2.05) is 62.0 Å². The van der Waals surface area contributed by atoms with Crippen molar-refractivity contribution in [1.82, 2.24) is 9.97 Å². The molecule has 0 saturated heterocycles. The maximum atomic E-state index is 13.7. The lowest BCUT2D eigenvalue weighted by atomic mass is 10.0. The number of carbonyl (C=O) groups excluding carboxylic acids is 1. The molecule has 35 heavy (non-hydrogen) atoms. The van der Waals surface area contributed by atoms with Crippen LogP contribution in [0.5, 0.6) is 0 Å². The van der Waals surface area contributed by atoms with Crippen LogP contribution >= 0.6 is 35.3 Å². The van der Waals surface area contributed by atoms with Gasteiger partial charge in [0.05, 0.1) is 5.69 Å². The Kier molecular flexibility index (Phi) is 8.90. The molecule has 2 heterocycles. The zero-order chi connectivity index (χ0) is 24.6. The van der Waals surface area contributed by atoms with Crippen LogP contribution in [0.3, 0.4) is 0 Å². The molecule has 0 spiro atoms. The summed E-state index contributed by atoms with van der Waals surface area (Å²) in [4.78, 5) is 23.6. The quantitative estimate of drug-likeness (QED) is 0.232. The number of thioether (sulfide) groups is 3. The third-order valence-corrected chi connectivity index (χ3v) is 8.20. The van der Waals surface area contributed by atoms with Crippen LogP contribution in [0.4, 0.5) is 5.69 Å². The molecule has 4 nitrogen and oxygen atoms in total. The van der Waals surface area contributed by atoms with E-state index in [1.54, 1.807) is 41.5 Å². The second-order valence-electron chi connectivity index (χ2n) is 7.88. The van der Waals surface area contributed by atoms with Crippen molar-refractivity contribution in [2.45, 2.75) is 27.8 Å². The Morgan fingerprint density at radius 3 is 2.34 bits per heavy atom. The zero-order valence-corrected chi connectivity index (χ0v) is 22.3. The molecule has 0 saturated carbocycles. The fourth-order valence-corrected chi connectivity index (χ4v) is 6.09. The van der Waals surface area contributed by atoms with Gasteiger partial charge in [0.1, 0.15) is 10.3 Å². The molecule has 4 rings (SSSR count). The summed E-state index contributed by atoms with van der Waals surface area (Å²) < 4.78 is 0. The molecule has 1 amide bonds. The van der Waals surface area contributed by atoms with E-state index in [1.165, 1.54) is 0 Å². The summed E-state index contributed by atoms with van der Waals surface area (Å²) in [5.41, 5.74) is 6.06. The number of rotatable bonds is 9. The Bertz CT molecular complexity index is 1240. The predicted molar refractivity (Wildman–Crippen MR) is 151 cm³/mol. The number of carbonyl (C=O) groups is 1. The normalized spacial score (nSPS) is 11.7. The van der Waals surface area contributed by atoms with Crippen LogP contribution in [0.2, 0.25) is 0 Å². The third-order valence-electron chi connectivity index (χ3n) is 5.44. The van der Waals surface area contributed by atoms with E-state index < -0.39 is 0 Å². The average Bonchev–Trinajstić information content (AvgIpc) is 2.91. The van der Waals surface area contributed by atoms with E-state index in [0.717, 1.165) is 43.6 Å². The van der Waals surface area contributed by atoms with Crippen molar-refractivity contribution in [2.75, 3.05) is 17.8 Å². The van der Waals surface area contributed by atoms with Crippen LogP contribution in [-0.4, -0.2) is 28.4 Å². The Morgan fingerprint density at radius 2 is 1.69 bits per heavy atom. The smallest absolute Gasteiger partial charge is 0.242 e. The van der Waals surface area contributed by atoms with Crippen molar-refractivity contribution in [2.24, 2.45) is 0 Å². The van der Waals surface area contributed by atoms with Gasteiger partial charge in [0.2, 0.25) is 5.91 Å². The molecule has 7 heteroatoms. The Balaban J connectivity index is 1.63. The molecule has 2 aromatic heterocycles. The third kappa shape index (κ3) is 6.48. The van der Waals surface area contributed by atoms with Gasteiger partial charge in [-0.1, -0.05) is 60.7 Å². The minimum Gasteiger partial charge on any atom is -0.322 e. The molecule has 1 unspecified atom stereocenters. The fourth-order valence-electron chi connectivity index (χ4n) is 3.70. The highest BCUT2D eigenvalue weighted by atomic mass is 32.2. The second kappa shape index (κ2) is 12.3. The topological polar surface area (TPSA) is 54.9 Å². The molecule has 0 aliphatic heterocycles. The van der Waals surface area contributed by atoms with Gasteiger partial charge >= 0.3 is 0 Å². The van der Waals surface area contributed by atoms with Crippen molar-refractivity contribution >= 4 is 46.9 Å². The zero-order valence-electron chi connectivity index (χ0n) is 19.9. The summed E-state index contributed by atoms with van der Waals surface area (Å²) in [6.07, 6.45) is 7.62. The molecular weight excluding hydrogens is 491 g/mol. The fraction of sp³-hybridized carbons (Fsp3) is 0.179. The van der Waals surface area contributed by atoms with Crippen LogP contribution in [0.1, 0.15) is 22.1 Å². The molecular formula is C28H27N3OS3. The maximum Gasteiger partial charge on any atom is 0.242 e. The van der Waals surface area contributed by atoms with Crippen molar-refractivity contribution in [3.05, 3.63) is 102 Å². The van der Waals surface area contributed by atoms with E-state index in [0.29, 0.717) is 5.75 Å². The molecule has 0 aliphatic rings. The predicted octanol–water partition coefficient (Wildman–Crippen LogP) is 7.51. The average molecular weight is 518 g/mol. The number of aromatic nitrogens is 2.